The molecule has 5 aliphatic carbocycles. The van der Waals surface area contributed by atoms with Crippen LogP contribution >= 0.6 is 0 Å². The maximum atomic E-state index is 14.2. The number of ether oxygens (including phenoxy) is 7. The molecular weight excluding hydrogens is 582 g/mol. The molecule has 6 fully saturated rings. The van der Waals surface area contributed by atoms with Gasteiger partial charge in [-0.25, -0.2) is 4.79 Å². The summed E-state index contributed by atoms with van der Waals surface area (Å²) in [5.74, 6) is -0.207. The lowest BCUT2D eigenvalue weighted by Gasteiger charge is -2.68. The third-order valence-corrected chi connectivity index (χ3v) is 13.2. The van der Waals surface area contributed by atoms with Gasteiger partial charge in [-0.05, 0) is 43.9 Å². The Morgan fingerprint density at radius 3 is 2.31 bits per heavy atom. The van der Waals surface area contributed by atoms with E-state index in [1.54, 1.807) is 33.5 Å². The number of carbonyl (C=O) groups is 1. The van der Waals surface area contributed by atoms with Crippen LogP contribution < -0.4 is 14.2 Å². The van der Waals surface area contributed by atoms with Crippen LogP contribution in [-0.4, -0.2) is 119 Å². The molecule has 7 bridgehead atoms. The summed E-state index contributed by atoms with van der Waals surface area (Å²) in [6.45, 7) is 4.31. The molecule has 1 heterocycles. The van der Waals surface area contributed by atoms with Crippen LogP contribution in [0.5, 0.6) is 17.2 Å². The molecule has 13 atom stereocenters. The highest BCUT2D eigenvalue weighted by Gasteiger charge is 2.86. The Balaban J connectivity index is 1.40. The van der Waals surface area contributed by atoms with Crippen LogP contribution in [0.15, 0.2) is 12.1 Å². The first kappa shape index (κ1) is 31.4. The molecule has 5 saturated carbocycles. The lowest BCUT2D eigenvalue weighted by atomic mass is 9.43. The number of nitrogens with zero attached hydrogens (tertiary/aromatic N) is 1. The lowest BCUT2D eigenvalue weighted by molar-refractivity contribution is -0.272. The van der Waals surface area contributed by atoms with Gasteiger partial charge in [-0.1, -0.05) is 6.92 Å². The van der Waals surface area contributed by atoms with Crippen LogP contribution in [0.1, 0.15) is 43.0 Å². The molecule has 7 rings (SSSR count). The molecule has 11 heteroatoms. The largest absolute Gasteiger partial charge is 0.493 e. The Kier molecular flexibility index (Phi) is 7.65. The molecule has 11 nitrogen and oxygen atoms in total. The van der Waals surface area contributed by atoms with Crippen LogP contribution in [0.4, 0.5) is 0 Å². The van der Waals surface area contributed by atoms with E-state index >= 15 is 0 Å². The molecule has 1 unspecified atom stereocenters. The molecule has 1 saturated heterocycles. The van der Waals surface area contributed by atoms with Gasteiger partial charge in [0.25, 0.3) is 0 Å². The Bertz CT molecular complexity index is 1300. The van der Waals surface area contributed by atoms with Crippen molar-refractivity contribution in [3.8, 4) is 17.2 Å². The molecule has 0 radical (unpaired) electrons. The van der Waals surface area contributed by atoms with E-state index < -0.39 is 29.2 Å². The summed E-state index contributed by atoms with van der Waals surface area (Å²) in [6, 6.07) is 3.15. The van der Waals surface area contributed by atoms with Crippen LogP contribution in [0, 0.1) is 40.4 Å². The van der Waals surface area contributed by atoms with E-state index in [0.29, 0.717) is 48.7 Å². The Morgan fingerprint density at radius 1 is 1.02 bits per heavy atom. The second-order valence-corrected chi connectivity index (χ2v) is 14.3. The lowest BCUT2D eigenvalue weighted by Crippen LogP contribution is -2.76. The Hall–Kier alpha value is -2.15. The van der Waals surface area contributed by atoms with E-state index in [9.17, 15) is 15.0 Å². The van der Waals surface area contributed by atoms with Gasteiger partial charge in [0.2, 0.25) is 5.75 Å². The van der Waals surface area contributed by atoms with Gasteiger partial charge in [0.1, 0.15) is 6.10 Å². The van der Waals surface area contributed by atoms with Crippen molar-refractivity contribution in [3.63, 3.8) is 0 Å². The number of hydrogen-bond donors (Lipinski definition) is 2. The first-order valence-corrected chi connectivity index (χ1v) is 16.4. The summed E-state index contributed by atoms with van der Waals surface area (Å²) >= 11 is 0. The van der Waals surface area contributed by atoms with Gasteiger partial charge in [-0.3, -0.25) is 4.90 Å². The van der Waals surface area contributed by atoms with Crippen molar-refractivity contribution >= 4 is 5.97 Å². The fourth-order valence-corrected chi connectivity index (χ4v) is 12.2. The van der Waals surface area contributed by atoms with Crippen LogP contribution in [0.2, 0.25) is 0 Å². The normalized spacial score (nSPS) is 45.7. The molecule has 45 heavy (non-hydrogen) atoms. The van der Waals surface area contributed by atoms with Crippen LogP contribution in [-0.2, 0) is 18.9 Å². The average Bonchev–Trinajstić information content (AvgIpc) is 3.46. The van der Waals surface area contributed by atoms with Gasteiger partial charge in [-0.15, -0.1) is 0 Å². The second-order valence-electron chi connectivity index (χ2n) is 14.3. The summed E-state index contributed by atoms with van der Waals surface area (Å²) in [7, 11) is 9.74. The van der Waals surface area contributed by atoms with Gasteiger partial charge in [0, 0.05) is 74.8 Å². The minimum absolute atomic E-state index is 0.0363. The summed E-state index contributed by atoms with van der Waals surface area (Å²) in [6.07, 6.45) is 0.853. The van der Waals surface area contributed by atoms with E-state index in [2.05, 4.69) is 11.8 Å². The van der Waals surface area contributed by atoms with Crippen molar-refractivity contribution in [2.75, 3.05) is 62.4 Å². The van der Waals surface area contributed by atoms with Gasteiger partial charge < -0.3 is 43.4 Å². The number of piperidine rings is 1. The average molecular weight is 632 g/mol. The van der Waals surface area contributed by atoms with E-state index in [4.69, 9.17) is 33.2 Å². The number of fused-ring (bicyclic) bond motifs is 2. The third kappa shape index (κ3) is 3.82. The minimum atomic E-state index is -1.19. The number of likely N-dealkylation sites (tertiary alicyclic amines) is 1. The maximum Gasteiger partial charge on any atom is 0.338 e. The Labute approximate surface area is 265 Å². The minimum Gasteiger partial charge on any atom is -0.493 e. The number of hydrogen-bond acceptors (Lipinski definition) is 11. The predicted octanol–water partition coefficient (Wildman–Crippen LogP) is 2.39. The first-order chi connectivity index (χ1) is 21.6. The molecule has 1 spiro atoms. The molecule has 250 valence electrons. The highest BCUT2D eigenvalue weighted by molar-refractivity contribution is 5.91. The van der Waals surface area contributed by atoms with Crippen molar-refractivity contribution in [3.05, 3.63) is 17.7 Å². The fourth-order valence-electron chi connectivity index (χ4n) is 12.2. The van der Waals surface area contributed by atoms with Crippen molar-refractivity contribution in [1.82, 2.24) is 4.90 Å². The number of esters is 1. The highest BCUT2D eigenvalue weighted by Crippen LogP contribution is 2.79. The number of carbonyl (C=O) groups excluding carboxylic acids is 1. The van der Waals surface area contributed by atoms with Gasteiger partial charge >= 0.3 is 5.97 Å². The highest BCUT2D eigenvalue weighted by atomic mass is 16.6. The van der Waals surface area contributed by atoms with E-state index in [-0.39, 0.29) is 53.3 Å². The molecule has 1 aromatic rings. The zero-order chi connectivity index (χ0) is 32.1. The summed E-state index contributed by atoms with van der Waals surface area (Å²) in [5, 5.41) is 24.8. The summed E-state index contributed by atoms with van der Waals surface area (Å²) in [4.78, 5) is 16.7. The summed E-state index contributed by atoms with van der Waals surface area (Å²) in [5.41, 5.74) is -1.71. The van der Waals surface area contributed by atoms with Crippen molar-refractivity contribution in [2.24, 2.45) is 40.4 Å². The number of methoxy groups -OCH3 is 6. The zero-order valence-electron chi connectivity index (χ0n) is 27.5. The standard InChI is InChI=1S/C34H49NO10/c1-8-35-15-32(16-39-2)10-9-23(45-31(37)17-11-20(40-3)27(43-6)21(12-17)41-4)34-19-13-18-22(42-5)14-33(38,24(19)26(18)36)25(30(34)35)28(44-7)29(32)34/h11-12,18-19,22-26,28-30,36,38H,8-10,13-16H2,1-7H3/t18-,19-,22+,23+,24-,25+,26+,28+,29-,30?,32+,33-,34+/m1/s1. The molecule has 0 amide bonds. The topological polar surface area (TPSA) is 125 Å². The third-order valence-electron chi connectivity index (χ3n) is 13.2. The number of aliphatic hydroxyl groups is 2. The number of benzene rings is 1. The monoisotopic (exact) mass is 631 g/mol. The SMILES string of the molecule is CCN1C[C@]2(COC)CC[C@H](OC(=O)c3cc(OC)c(OC)c(OC)c3)[C@]34C1[C@H]([C@H](OC)[C@H]23)[C@@]1(O)C[C@H](OC)[C@H]2C[C@@H]4[C@@H]1[C@H]2O. The van der Waals surface area contributed by atoms with Gasteiger partial charge in [0.15, 0.2) is 11.5 Å². The van der Waals surface area contributed by atoms with Crippen molar-refractivity contribution in [1.29, 1.82) is 0 Å². The number of aliphatic hydroxyl groups excluding tert-OH is 1. The van der Waals surface area contributed by atoms with Crippen LogP contribution in [0.3, 0.4) is 0 Å². The molecule has 6 aliphatic rings. The van der Waals surface area contributed by atoms with Gasteiger partial charge in [0.05, 0.1) is 57.4 Å². The smallest absolute Gasteiger partial charge is 0.338 e. The predicted molar refractivity (Wildman–Crippen MR) is 162 cm³/mol. The maximum absolute atomic E-state index is 14.2. The molecule has 1 aromatic carbocycles. The van der Waals surface area contributed by atoms with Crippen molar-refractivity contribution in [2.45, 2.75) is 68.7 Å². The first-order valence-electron chi connectivity index (χ1n) is 16.4. The summed E-state index contributed by atoms with van der Waals surface area (Å²) < 4.78 is 41.7. The zero-order valence-corrected chi connectivity index (χ0v) is 27.5. The molecule has 1 aliphatic heterocycles. The molecule has 0 aromatic heterocycles. The quantitative estimate of drug-likeness (QED) is 0.370. The number of rotatable bonds is 10. The van der Waals surface area contributed by atoms with Crippen LogP contribution in [0.25, 0.3) is 0 Å². The second kappa shape index (κ2) is 11.0. The van der Waals surface area contributed by atoms with E-state index in [1.165, 1.54) is 21.3 Å². The molecular formula is C34H49NO10. The Morgan fingerprint density at radius 2 is 1.73 bits per heavy atom. The van der Waals surface area contributed by atoms with E-state index in [0.717, 1.165) is 19.5 Å². The van der Waals surface area contributed by atoms with E-state index in [1.807, 2.05) is 0 Å². The fraction of sp³-hybridized carbons (Fsp3) is 0.794. The van der Waals surface area contributed by atoms with Gasteiger partial charge in [-0.2, -0.15) is 0 Å². The molecule has 2 N–H and O–H groups in total. The van der Waals surface area contributed by atoms with Crippen molar-refractivity contribution < 1.29 is 48.2 Å².